The molecule has 1 fully saturated rings. The third-order valence-corrected chi connectivity index (χ3v) is 5.62. The number of hydrogen-bond acceptors (Lipinski definition) is 2. The molecular formula is C25H25N3OS. The summed E-state index contributed by atoms with van der Waals surface area (Å²) in [5.41, 5.74) is 5.30. The second-order valence-corrected chi connectivity index (χ2v) is 7.91. The molecule has 4 nitrogen and oxygen atoms in total. The van der Waals surface area contributed by atoms with E-state index in [-0.39, 0.29) is 11.9 Å². The Bertz CT molecular complexity index is 1050. The molecule has 0 spiro atoms. The van der Waals surface area contributed by atoms with Gasteiger partial charge >= 0.3 is 0 Å². The monoisotopic (exact) mass is 415 g/mol. The quantitative estimate of drug-likeness (QED) is 0.563. The van der Waals surface area contributed by atoms with Gasteiger partial charge in [0.15, 0.2) is 5.11 Å². The van der Waals surface area contributed by atoms with Gasteiger partial charge in [0.25, 0.3) is 0 Å². The molecule has 2 N–H and O–H groups in total. The van der Waals surface area contributed by atoms with Crippen molar-refractivity contribution in [1.29, 1.82) is 0 Å². The van der Waals surface area contributed by atoms with Crippen molar-refractivity contribution in [3.05, 3.63) is 95.6 Å². The molecule has 3 aromatic carbocycles. The van der Waals surface area contributed by atoms with Crippen molar-refractivity contribution in [2.75, 3.05) is 16.8 Å². The van der Waals surface area contributed by atoms with Crippen LogP contribution in [0.3, 0.4) is 0 Å². The maximum atomic E-state index is 12.1. The lowest BCUT2D eigenvalue weighted by atomic mass is 9.95. The van der Waals surface area contributed by atoms with Gasteiger partial charge in [-0.25, -0.2) is 0 Å². The predicted octanol–water partition coefficient (Wildman–Crippen LogP) is 5.20. The van der Waals surface area contributed by atoms with Gasteiger partial charge in [0.1, 0.15) is 0 Å². The Labute approximate surface area is 182 Å². The minimum atomic E-state index is -0.0595. The van der Waals surface area contributed by atoms with Crippen molar-refractivity contribution < 1.29 is 4.79 Å². The van der Waals surface area contributed by atoms with Crippen LogP contribution in [-0.2, 0) is 4.79 Å². The van der Waals surface area contributed by atoms with Gasteiger partial charge in [0.05, 0.1) is 6.04 Å². The van der Waals surface area contributed by atoms with Gasteiger partial charge in [-0.2, -0.15) is 0 Å². The van der Waals surface area contributed by atoms with Gasteiger partial charge < -0.3 is 15.5 Å². The van der Waals surface area contributed by atoms with Crippen LogP contribution in [0, 0.1) is 6.92 Å². The van der Waals surface area contributed by atoms with E-state index in [1.54, 1.807) is 0 Å². The highest BCUT2D eigenvalue weighted by atomic mass is 32.1. The number of amides is 1. The first-order valence-electron chi connectivity index (χ1n) is 10.2. The molecule has 0 aliphatic carbocycles. The Hall–Kier alpha value is -3.18. The summed E-state index contributed by atoms with van der Waals surface area (Å²) in [6.45, 7) is 2.88. The molecule has 1 amide bonds. The second kappa shape index (κ2) is 9.09. The van der Waals surface area contributed by atoms with Crippen molar-refractivity contribution in [3.63, 3.8) is 0 Å². The summed E-state index contributed by atoms with van der Waals surface area (Å²) in [6.07, 6.45) is 1.53. The van der Waals surface area contributed by atoms with E-state index < -0.39 is 0 Å². The van der Waals surface area contributed by atoms with E-state index in [1.165, 1.54) is 11.1 Å². The third-order valence-electron chi connectivity index (χ3n) is 5.40. The van der Waals surface area contributed by atoms with Gasteiger partial charge in [-0.15, -0.1) is 0 Å². The van der Waals surface area contributed by atoms with Gasteiger partial charge in [0, 0.05) is 24.3 Å². The maximum Gasteiger partial charge on any atom is 0.227 e. The first kappa shape index (κ1) is 20.1. The van der Waals surface area contributed by atoms with Crippen LogP contribution in [-0.4, -0.2) is 17.6 Å². The molecule has 0 aromatic heterocycles. The first-order valence-corrected chi connectivity index (χ1v) is 10.6. The molecule has 0 unspecified atom stereocenters. The van der Waals surface area contributed by atoms with Gasteiger partial charge in [-0.1, -0.05) is 60.7 Å². The van der Waals surface area contributed by atoms with E-state index in [1.807, 2.05) is 59.5 Å². The van der Waals surface area contributed by atoms with Crippen LogP contribution in [0.2, 0.25) is 0 Å². The van der Waals surface area contributed by atoms with E-state index in [0.29, 0.717) is 11.5 Å². The average Bonchev–Trinajstić information content (AvgIpc) is 3.19. The highest BCUT2D eigenvalue weighted by Crippen LogP contribution is 2.26. The molecular weight excluding hydrogens is 390 g/mol. The number of nitrogens with zero attached hydrogens (tertiary/aromatic N) is 1. The molecule has 0 bridgehead atoms. The number of benzene rings is 3. The zero-order valence-electron chi connectivity index (χ0n) is 17.0. The summed E-state index contributed by atoms with van der Waals surface area (Å²) in [5.74, 6) is 0.177. The Balaban J connectivity index is 1.54. The van der Waals surface area contributed by atoms with Crippen LogP contribution in [0.25, 0.3) is 0 Å². The van der Waals surface area contributed by atoms with Crippen molar-refractivity contribution in [3.8, 4) is 0 Å². The SMILES string of the molecule is Cc1ccccc1[C@@H](NC(=S)Nc1cccc(N2CCCC2=O)c1)c1ccccc1. The largest absolute Gasteiger partial charge is 0.352 e. The minimum Gasteiger partial charge on any atom is -0.352 e. The minimum absolute atomic E-state index is 0.0595. The fourth-order valence-electron chi connectivity index (χ4n) is 3.87. The lowest BCUT2D eigenvalue weighted by molar-refractivity contribution is -0.117. The number of rotatable bonds is 5. The van der Waals surface area contributed by atoms with Crippen molar-refractivity contribution >= 4 is 34.6 Å². The van der Waals surface area contributed by atoms with E-state index in [9.17, 15) is 4.79 Å². The molecule has 1 saturated heterocycles. The summed E-state index contributed by atoms with van der Waals surface area (Å²) < 4.78 is 0. The Kier molecular flexibility index (Phi) is 6.10. The number of nitrogens with one attached hydrogen (secondary N) is 2. The highest BCUT2D eigenvalue weighted by Gasteiger charge is 2.22. The smallest absolute Gasteiger partial charge is 0.227 e. The maximum absolute atomic E-state index is 12.1. The first-order chi connectivity index (χ1) is 14.6. The lowest BCUT2D eigenvalue weighted by Gasteiger charge is -2.24. The van der Waals surface area contributed by atoms with Crippen molar-refractivity contribution in [2.24, 2.45) is 0 Å². The topological polar surface area (TPSA) is 44.4 Å². The molecule has 1 atom stereocenters. The summed E-state index contributed by atoms with van der Waals surface area (Å²) in [4.78, 5) is 13.9. The van der Waals surface area contributed by atoms with Crippen LogP contribution in [0.15, 0.2) is 78.9 Å². The number of carbonyl (C=O) groups is 1. The second-order valence-electron chi connectivity index (χ2n) is 7.50. The summed E-state index contributed by atoms with van der Waals surface area (Å²) in [7, 11) is 0. The molecule has 1 heterocycles. The molecule has 0 radical (unpaired) electrons. The van der Waals surface area contributed by atoms with Crippen molar-refractivity contribution in [1.82, 2.24) is 5.32 Å². The van der Waals surface area contributed by atoms with Crippen molar-refractivity contribution in [2.45, 2.75) is 25.8 Å². The van der Waals surface area contributed by atoms with Gasteiger partial charge in [-0.3, -0.25) is 4.79 Å². The lowest BCUT2D eigenvalue weighted by Crippen LogP contribution is -2.33. The Morgan fingerprint density at radius 2 is 1.77 bits per heavy atom. The zero-order valence-corrected chi connectivity index (χ0v) is 17.8. The number of thiocarbonyl (C=S) groups is 1. The van der Waals surface area contributed by atoms with Gasteiger partial charge in [0.2, 0.25) is 5.91 Å². The number of carbonyl (C=O) groups excluding carboxylic acids is 1. The molecule has 5 heteroatoms. The molecule has 3 aromatic rings. The fourth-order valence-corrected chi connectivity index (χ4v) is 4.10. The normalized spacial score (nSPS) is 14.4. The predicted molar refractivity (Wildman–Crippen MR) is 127 cm³/mol. The summed E-state index contributed by atoms with van der Waals surface area (Å²) >= 11 is 5.65. The standard InChI is InChI=1S/C25H25N3OS/c1-18-9-5-6-14-22(18)24(19-10-3-2-4-11-19)27-25(30)26-20-12-7-13-21(17-20)28-16-8-15-23(28)29/h2-7,9-14,17,24H,8,15-16H2,1H3,(H2,26,27,30)/t24-/m0/s1. The Morgan fingerprint density at radius 3 is 2.50 bits per heavy atom. The molecule has 4 rings (SSSR count). The van der Waals surface area contributed by atoms with E-state index in [2.05, 4.69) is 41.8 Å². The Morgan fingerprint density at radius 1 is 1.00 bits per heavy atom. The van der Waals surface area contributed by atoms with Crippen LogP contribution in [0.4, 0.5) is 11.4 Å². The number of hydrogen-bond donors (Lipinski definition) is 2. The van der Waals surface area contributed by atoms with E-state index in [0.717, 1.165) is 29.9 Å². The molecule has 30 heavy (non-hydrogen) atoms. The zero-order chi connectivity index (χ0) is 20.9. The fraction of sp³-hybridized carbons (Fsp3) is 0.200. The summed E-state index contributed by atoms with van der Waals surface area (Å²) in [5, 5.41) is 7.31. The highest BCUT2D eigenvalue weighted by molar-refractivity contribution is 7.80. The third kappa shape index (κ3) is 4.52. The molecule has 1 aliphatic rings. The molecule has 152 valence electrons. The van der Waals surface area contributed by atoms with Crippen LogP contribution < -0.4 is 15.5 Å². The van der Waals surface area contributed by atoms with E-state index in [4.69, 9.17) is 12.2 Å². The summed E-state index contributed by atoms with van der Waals surface area (Å²) in [6, 6.07) is 26.4. The van der Waals surface area contributed by atoms with Crippen LogP contribution in [0.5, 0.6) is 0 Å². The number of anilines is 2. The van der Waals surface area contributed by atoms with E-state index >= 15 is 0 Å². The van der Waals surface area contributed by atoms with Crippen LogP contribution >= 0.6 is 12.2 Å². The average molecular weight is 416 g/mol. The molecule has 0 saturated carbocycles. The van der Waals surface area contributed by atoms with Crippen LogP contribution in [0.1, 0.15) is 35.6 Å². The number of aryl methyl sites for hydroxylation is 1. The molecule has 1 aliphatic heterocycles. The van der Waals surface area contributed by atoms with Gasteiger partial charge in [-0.05, 0) is 60.5 Å².